The highest BCUT2D eigenvalue weighted by atomic mass is 19.4. The maximum Gasteiger partial charge on any atom is 0.416 e. The second kappa shape index (κ2) is 10.6. The lowest BCUT2D eigenvalue weighted by Gasteiger charge is -2.29. The molecule has 0 spiro atoms. The predicted molar refractivity (Wildman–Crippen MR) is 138 cm³/mol. The number of rotatable bonds is 7. The number of alkyl halides is 3. The molecular weight excluding hydrogens is 493 g/mol. The Morgan fingerprint density at radius 3 is 2.53 bits per heavy atom. The van der Waals surface area contributed by atoms with Crippen LogP contribution >= 0.6 is 0 Å². The number of carbonyl (C=O) groups excluding carboxylic acids is 2. The zero-order chi connectivity index (χ0) is 26.9. The lowest BCUT2D eigenvalue weighted by molar-refractivity contribution is -0.145. The van der Waals surface area contributed by atoms with E-state index in [1.54, 1.807) is 24.3 Å². The van der Waals surface area contributed by atoms with Gasteiger partial charge in [0.2, 0.25) is 0 Å². The minimum Gasteiger partial charge on any atom is -0.466 e. The molecule has 2 unspecified atom stereocenters. The molecule has 5 rings (SSSR count). The molecule has 2 atom stereocenters. The summed E-state index contributed by atoms with van der Waals surface area (Å²) in [5.74, 6) is -0.0231. The minimum absolute atomic E-state index is 0.0272. The highest BCUT2D eigenvalue weighted by molar-refractivity contribution is 6.08. The normalized spacial score (nSPS) is 18.9. The molecule has 1 aliphatic heterocycles. The number of nitrogens with zero attached hydrogens (tertiary/aromatic N) is 1. The third-order valence-corrected chi connectivity index (χ3v) is 7.26. The number of halogens is 3. The number of esters is 1. The van der Waals surface area contributed by atoms with Gasteiger partial charge in [-0.1, -0.05) is 36.4 Å². The molecule has 1 amide bonds. The van der Waals surface area contributed by atoms with Gasteiger partial charge in [0.15, 0.2) is 0 Å². The Morgan fingerprint density at radius 2 is 1.79 bits per heavy atom. The Kier molecular flexibility index (Phi) is 7.25. The van der Waals surface area contributed by atoms with E-state index in [9.17, 15) is 22.8 Å². The van der Waals surface area contributed by atoms with Gasteiger partial charge in [0.25, 0.3) is 5.91 Å². The lowest BCUT2D eigenvalue weighted by Crippen LogP contribution is -2.33. The summed E-state index contributed by atoms with van der Waals surface area (Å²) in [6.45, 7) is 4.80. The SMILES string of the molecule is CCOC(=O)C1CC1CN1CCc2cc(NC(=O)c3ccccc3-c3ccc(C(F)(F)F)cc3)ccc2C1. The molecule has 198 valence electrons. The van der Waals surface area contributed by atoms with Crippen molar-refractivity contribution < 1.29 is 27.5 Å². The summed E-state index contributed by atoms with van der Waals surface area (Å²) in [7, 11) is 0. The van der Waals surface area contributed by atoms with E-state index in [-0.39, 0.29) is 17.8 Å². The van der Waals surface area contributed by atoms with Crippen LogP contribution in [0.2, 0.25) is 0 Å². The van der Waals surface area contributed by atoms with Crippen molar-refractivity contribution in [1.82, 2.24) is 4.90 Å². The summed E-state index contributed by atoms with van der Waals surface area (Å²) in [5, 5.41) is 2.95. The maximum atomic E-state index is 13.2. The lowest BCUT2D eigenvalue weighted by atomic mass is 9.97. The summed E-state index contributed by atoms with van der Waals surface area (Å²) < 4.78 is 44.0. The van der Waals surface area contributed by atoms with E-state index < -0.39 is 11.7 Å². The second-order valence-corrected chi connectivity index (χ2v) is 9.90. The Balaban J connectivity index is 1.24. The fraction of sp³-hybridized carbons (Fsp3) is 0.333. The fourth-order valence-electron chi connectivity index (χ4n) is 5.13. The van der Waals surface area contributed by atoms with Crippen molar-refractivity contribution in [3.63, 3.8) is 0 Å². The van der Waals surface area contributed by atoms with Crippen LogP contribution in [0, 0.1) is 11.8 Å². The van der Waals surface area contributed by atoms with Crippen LogP contribution in [0.4, 0.5) is 18.9 Å². The standard InChI is InChI=1S/C30H29F3N2O3/c1-2-38-29(37)27-16-22(27)18-35-14-13-20-15-24(12-9-21(20)17-35)34-28(36)26-6-4-3-5-25(26)19-7-10-23(11-8-19)30(31,32)33/h3-12,15,22,27H,2,13-14,16-18H2,1H3,(H,34,36). The minimum atomic E-state index is -4.41. The molecule has 1 N–H and O–H groups in total. The van der Waals surface area contributed by atoms with Crippen LogP contribution in [0.3, 0.4) is 0 Å². The zero-order valence-electron chi connectivity index (χ0n) is 21.1. The Morgan fingerprint density at radius 1 is 1.03 bits per heavy atom. The van der Waals surface area contributed by atoms with E-state index in [2.05, 4.69) is 10.2 Å². The Hall–Kier alpha value is -3.65. The molecular formula is C30H29F3N2O3. The first-order valence-electron chi connectivity index (χ1n) is 12.8. The predicted octanol–water partition coefficient (Wildman–Crippen LogP) is 6.18. The molecule has 5 nitrogen and oxygen atoms in total. The Bertz CT molecular complexity index is 1340. The van der Waals surface area contributed by atoms with E-state index in [0.717, 1.165) is 44.6 Å². The fourth-order valence-corrected chi connectivity index (χ4v) is 5.13. The monoisotopic (exact) mass is 522 g/mol. The van der Waals surface area contributed by atoms with E-state index >= 15 is 0 Å². The van der Waals surface area contributed by atoms with Gasteiger partial charge in [-0.15, -0.1) is 0 Å². The van der Waals surface area contributed by atoms with Crippen molar-refractivity contribution in [3.05, 3.63) is 89.0 Å². The van der Waals surface area contributed by atoms with Crippen molar-refractivity contribution >= 4 is 17.6 Å². The third kappa shape index (κ3) is 5.75. The first-order chi connectivity index (χ1) is 18.2. The summed E-state index contributed by atoms with van der Waals surface area (Å²) in [6, 6.07) is 17.6. The molecule has 0 aromatic heterocycles. The summed E-state index contributed by atoms with van der Waals surface area (Å²) in [4.78, 5) is 27.5. The summed E-state index contributed by atoms with van der Waals surface area (Å²) >= 11 is 0. The summed E-state index contributed by atoms with van der Waals surface area (Å²) in [6.07, 6.45) is -2.68. The van der Waals surface area contributed by atoms with Gasteiger partial charge >= 0.3 is 12.1 Å². The van der Waals surface area contributed by atoms with Crippen LogP contribution in [0.5, 0.6) is 0 Å². The van der Waals surface area contributed by atoms with Crippen LogP contribution in [-0.4, -0.2) is 36.5 Å². The van der Waals surface area contributed by atoms with Crippen LogP contribution in [0.15, 0.2) is 66.7 Å². The van der Waals surface area contributed by atoms with Gasteiger partial charge in [-0.05, 0) is 78.3 Å². The van der Waals surface area contributed by atoms with Crippen molar-refractivity contribution in [3.8, 4) is 11.1 Å². The number of nitrogens with one attached hydrogen (secondary N) is 1. The van der Waals surface area contributed by atoms with Gasteiger partial charge in [-0.3, -0.25) is 14.5 Å². The van der Waals surface area contributed by atoms with Crippen molar-refractivity contribution in [1.29, 1.82) is 0 Å². The van der Waals surface area contributed by atoms with Crippen molar-refractivity contribution in [2.24, 2.45) is 11.8 Å². The Labute approximate surface area is 219 Å². The quantitative estimate of drug-likeness (QED) is 0.377. The van der Waals surface area contributed by atoms with Crippen molar-refractivity contribution in [2.45, 2.75) is 32.5 Å². The largest absolute Gasteiger partial charge is 0.466 e. The molecule has 1 fully saturated rings. The van der Waals surface area contributed by atoms with Crippen molar-refractivity contribution in [2.75, 3.05) is 25.0 Å². The molecule has 0 bridgehead atoms. The highest BCUT2D eigenvalue weighted by Gasteiger charge is 2.45. The zero-order valence-corrected chi connectivity index (χ0v) is 21.1. The number of benzene rings is 3. The van der Waals surface area contributed by atoms with Crippen LogP contribution in [0.1, 0.15) is 40.4 Å². The average Bonchev–Trinajstić information content (AvgIpc) is 3.67. The number of hydrogen-bond acceptors (Lipinski definition) is 4. The molecule has 3 aromatic carbocycles. The van der Waals surface area contributed by atoms with Gasteiger partial charge in [-0.2, -0.15) is 13.2 Å². The van der Waals surface area contributed by atoms with E-state index in [0.29, 0.717) is 34.9 Å². The smallest absolute Gasteiger partial charge is 0.416 e. The topological polar surface area (TPSA) is 58.6 Å². The van der Waals surface area contributed by atoms with Gasteiger partial charge in [0, 0.05) is 30.9 Å². The van der Waals surface area contributed by atoms with Gasteiger partial charge in [0.05, 0.1) is 18.1 Å². The first kappa shape index (κ1) is 26.0. The van der Waals surface area contributed by atoms with E-state index in [1.807, 2.05) is 25.1 Å². The molecule has 8 heteroatoms. The third-order valence-electron chi connectivity index (χ3n) is 7.26. The molecule has 1 heterocycles. The molecule has 0 radical (unpaired) electrons. The molecule has 2 aliphatic rings. The van der Waals surface area contributed by atoms with Crippen LogP contribution < -0.4 is 5.32 Å². The van der Waals surface area contributed by atoms with E-state index in [1.165, 1.54) is 23.3 Å². The van der Waals surface area contributed by atoms with Gasteiger partial charge in [0.1, 0.15) is 0 Å². The number of hydrogen-bond donors (Lipinski definition) is 1. The molecule has 1 aliphatic carbocycles. The highest BCUT2D eigenvalue weighted by Crippen LogP contribution is 2.41. The van der Waals surface area contributed by atoms with Crippen LogP contribution in [-0.2, 0) is 28.7 Å². The van der Waals surface area contributed by atoms with Gasteiger partial charge in [-0.25, -0.2) is 0 Å². The maximum absolute atomic E-state index is 13.2. The number of amides is 1. The number of carbonyl (C=O) groups is 2. The van der Waals surface area contributed by atoms with Crippen LogP contribution in [0.25, 0.3) is 11.1 Å². The number of ether oxygens (including phenoxy) is 1. The van der Waals surface area contributed by atoms with E-state index in [4.69, 9.17) is 4.74 Å². The molecule has 3 aromatic rings. The average molecular weight is 523 g/mol. The summed E-state index contributed by atoms with van der Waals surface area (Å²) in [5.41, 5.74) is 3.81. The second-order valence-electron chi connectivity index (χ2n) is 9.90. The molecule has 38 heavy (non-hydrogen) atoms. The first-order valence-corrected chi connectivity index (χ1v) is 12.8. The number of fused-ring (bicyclic) bond motifs is 1. The molecule has 1 saturated carbocycles. The van der Waals surface area contributed by atoms with Gasteiger partial charge < -0.3 is 10.1 Å². The number of anilines is 1. The molecule has 0 saturated heterocycles.